The summed E-state index contributed by atoms with van der Waals surface area (Å²) in [6, 6.07) is 2.08. The van der Waals surface area contributed by atoms with Crippen LogP contribution in [0.2, 0.25) is 0 Å². The Kier molecular flexibility index (Phi) is 4.79. The average molecular weight is 264 g/mol. The van der Waals surface area contributed by atoms with Crippen molar-refractivity contribution in [1.29, 1.82) is 5.26 Å². The molecule has 1 aliphatic heterocycles. The zero-order valence-electron chi connectivity index (χ0n) is 10.3. The summed E-state index contributed by atoms with van der Waals surface area (Å²) in [6.45, 7) is 1.98. The van der Waals surface area contributed by atoms with Crippen LogP contribution < -0.4 is 10.1 Å². The van der Waals surface area contributed by atoms with E-state index >= 15 is 0 Å². The molecule has 2 heterocycles. The molecule has 0 aromatic carbocycles. The van der Waals surface area contributed by atoms with Crippen molar-refractivity contribution >= 4 is 11.8 Å². The molecule has 96 valence electrons. The minimum absolute atomic E-state index is 0.136. The third kappa shape index (κ3) is 3.34. The van der Waals surface area contributed by atoms with Crippen LogP contribution >= 0.6 is 11.8 Å². The van der Waals surface area contributed by atoms with E-state index in [-0.39, 0.29) is 6.10 Å². The predicted molar refractivity (Wildman–Crippen MR) is 69.7 cm³/mol. The zero-order chi connectivity index (χ0) is 12.8. The largest absolute Gasteiger partial charge is 0.473 e. The highest BCUT2D eigenvalue weighted by Gasteiger charge is 2.17. The van der Waals surface area contributed by atoms with Crippen molar-refractivity contribution in [3.63, 3.8) is 0 Å². The second-order valence-corrected chi connectivity index (χ2v) is 4.88. The number of aromatic nitrogens is 2. The van der Waals surface area contributed by atoms with Gasteiger partial charge < -0.3 is 10.1 Å². The monoisotopic (exact) mass is 264 g/mol. The number of nitriles is 1. The summed E-state index contributed by atoms with van der Waals surface area (Å²) in [5.74, 6) is 0.420. The lowest BCUT2D eigenvalue weighted by Gasteiger charge is -2.16. The fourth-order valence-corrected chi connectivity index (χ4v) is 2.21. The molecule has 0 saturated carbocycles. The third-order valence-electron chi connectivity index (χ3n) is 2.84. The molecule has 5 nitrogen and oxygen atoms in total. The highest BCUT2D eigenvalue weighted by molar-refractivity contribution is 7.98. The first kappa shape index (κ1) is 13.1. The van der Waals surface area contributed by atoms with E-state index in [0.717, 1.165) is 32.4 Å². The van der Waals surface area contributed by atoms with Crippen LogP contribution in [0, 0.1) is 11.3 Å². The van der Waals surface area contributed by atoms with Crippen molar-refractivity contribution in [2.45, 2.75) is 30.5 Å². The molecule has 1 saturated heterocycles. The lowest BCUT2D eigenvalue weighted by Crippen LogP contribution is -2.20. The second-order valence-electron chi connectivity index (χ2n) is 4.11. The highest BCUT2D eigenvalue weighted by Crippen LogP contribution is 2.21. The van der Waals surface area contributed by atoms with Crippen LogP contribution in [0.1, 0.15) is 24.8 Å². The van der Waals surface area contributed by atoms with E-state index in [0.29, 0.717) is 16.6 Å². The van der Waals surface area contributed by atoms with Gasteiger partial charge in [-0.25, -0.2) is 4.98 Å². The van der Waals surface area contributed by atoms with Crippen LogP contribution in [0.4, 0.5) is 0 Å². The van der Waals surface area contributed by atoms with Crippen molar-refractivity contribution in [1.82, 2.24) is 15.3 Å². The van der Waals surface area contributed by atoms with Crippen LogP contribution in [0.5, 0.6) is 5.88 Å². The Balaban J connectivity index is 2.13. The van der Waals surface area contributed by atoms with Crippen LogP contribution in [0.25, 0.3) is 0 Å². The van der Waals surface area contributed by atoms with Gasteiger partial charge in [0.05, 0.1) is 6.20 Å². The molecule has 18 heavy (non-hydrogen) atoms. The second kappa shape index (κ2) is 6.57. The van der Waals surface area contributed by atoms with Crippen molar-refractivity contribution in [3.05, 3.63) is 11.8 Å². The maximum atomic E-state index is 9.04. The molecule has 1 fully saturated rings. The molecule has 1 aromatic rings. The molecular weight excluding hydrogens is 248 g/mol. The molecule has 1 aliphatic rings. The molecule has 6 heteroatoms. The molecule has 1 N–H and O–H groups in total. The van der Waals surface area contributed by atoms with E-state index in [1.807, 2.05) is 6.26 Å². The van der Waals surface area contributed by atoms with Gasteiger partial charge in [0.25, 0.3) is 0 Å². The Morgan fingerprint density at radius 2 is 2.39 bits per heavy atom. The number of hydrogen-bond donors (Lipinski definition) is 1. The molecule has 0 bridgehead atoms. The molecule has 1 atom stereocenters. The SMILES string of the molecule is CSc1ncc(C#N)c(OC2CCCNCC2)n1. The van der Waals surface area contributed by atoms with Gasteiger partial charge in [0.15, 0.2) is 5.16 Å². The number of nitrogens with one attached hydrogen (secondary N) is 1. The summed E-state index contributed by atoms with van der Waals surface area (Å²) in [4.78, 5) is 8.35. The van der Waals surface area contributed by atoms with Crippen molar-refractivity contribution < 1.29 is 4.74 Å². The quantitative estimate of drug-likeness (QED) is 0.660. The maximum Gasteiger partial charge on any atom is 0.236 e. The summed E-state index contributed by atoms with van der Waals surface area (Å²) in [6.07, 6.45) is 6.60. The van der Waals surface area contributed by atoms with E-state index in [1.54, 1.807) is 0 Å². The maximum absolute atomic E-state index is 9.04. The van der Waals surface area contributed by atoms with Gasteiger partial charge in [0.2, 0.25) is 5.88 Å². The van der Waals surface area contributed by atoms with E-state index in [2.05, 4.69) is 21.4 Å². The van der Waals surface area contributed by atoms with Crippen LogP contribution in [0.15, 0.2) is 11.4 Å². The van der Waals surface area contributed by atoms with Gasteiger partial charge in [-0.1, -0.05) is 11.8 Å². The summed E-state index contributed by atoms with van der Waals surface area (Å²) in [5, 5.41) is 13.0. The van der Waals surface area contributed by atoms with Crippen molar-refractivity contribution in [2.24, 2.45) is 0 Å². The number of thioether (sulfide) groups is 1. The summed E-state index contributed by atoms with van der Waals surface area (Å²) in [7, 11) is 0. The molecule has 1 aromatic heterocycles. The van der Waals surface area contributed by atoms with Crippen LogP contribution in [-0.4, -0.2) is 35.4 Å². The normalized spacial score (nSPS) is 19.9. The Morgan fingerprint density at radius 1 is 1.50 bits per heavy atom. The van der Waals surface area contributed by atoms with Crippen LogP contribution in [-0.2, 0) is 0 Å². The third-order valence-corrected chi connectivity index (χ3v) is 3.40. The minimum Gasteiger partial charge on any atom is -0.473 e. The van der Waals surface area contributed by atoms with Crippen molar-refractivity contribution in [3.8, 4) is 11.9 Å². The Labute approximate surface area is 111 Å². The van der Waals surface area contributed by atoms with Crippen molar-refractivity contribution in [2.75, 3.05) is 19.3 Å². The number of nitrogens with zero attached hydrogens (tertiary/aromatic N) is 3. The molecule has 0 amide bonds. The smallest absolute Gasteiger partial charge is 0.236 e. The number of hydrogen-bond acceptors (Lipinski definition) is 6. The first-order valence-electron chi connectivity index (χ1n) is 6.02. The van der Waals surface area contributed by atoms with E-state index < -0.39 is 0 Å². The fraction of sp³-hybridized carbons (Fsp3) is 0.583. The van der Waals surface area contributed by atoms with Gasteiger partial charge in [-0.2, -0.15) is 10.2 Å². The number of ether oxygens (including phenoxy) is 1. The van der Waals surface area contributed by atoms with Crippen LogP contribution in [0.3, 0.4) is 0 Å². The zero-order valence-corrected chi connectivity index (χ0v) is 11.2. The summed E-state index contributed by atoms with van der Waals surface area (Å²) in [5.41, 5.74) is 0.407. The summed E-state index contributed by atoms with van der Waals surface area (Å²) >= 11 is 1.44. The molecule has 0 aliphatic carbocycles. The Hall–Kier alpha value is -1.32. The molecule has 2 rings (SSSR count). The Morgan fingerprint density at radius 3 is 3.17 bits per heavy atom. The Bertz CT molecular complexity index is 438. The lowest BCUT2D eigenvalue weighted by atomic mass is 10.1. The van der Waals surface area contributed by atoms with Gasteiger partial charge in [-0.05, 0) is 38.6 Å². The molecular formula is C12H16N4OS. The lowest BCUT2D eigenvalue weighted by molar-refractivity contribution is 0.177. The molecule has 1 unspecified atom stereocenters. The molecule has 0 spiro atoms. The van der Waals surface area contributed by atoms with E-state index in [4.69, 9.17) is 10.00 Å². The fourth-order valence-electron chi connectivity index (χ4n) is 1.88. The minimum atomic E-state index is 0.136. The average Bonchev–Trinajstić information content (AvgIpc) is 2.67. The van der Waals surface area contributed by atoms with Gasteiger partial charge in [-0.3, -0.25) is 0 Å². The van der Waals surface area contributed by atoms with Gasteiger partial charge in [0, 0.05) is 0 Å². The highest BCUT2D eigenvalue weighted by atomic mass is 32.2. The van der Waals surface area contributed by atoms with Gasteiger partial charge in [-0.15, -0.1) is 0 Å². The van der Waals surface area contributed by atoms with Gasteiger partial charge >= 0.3 is 0 Å². The molecule has 0 radical (unpaired) electrons. The summed E-state index contributed by atoms with van der Waals surface area (Å²) < 4.78 is 5.87. The van der Waals surface area contributed by atoms with E-state index in [1.165, 1.54) is 18.0 Å². The number of rotatable bonds is 3. The first-order valence-corrected chi connectivity index (χ1v) is 7.24. The first-order chi connectivity index (χ1) is 8.83. The van der Waals surface area contributed by atoms with E-state index in [9.17, 15) is 0 Å². The van der Waals surface area contributed by atoms with Gasteiger partial charge in [0.1, 0.15) is 17.7 Å². The topological polar surface area (TPSA) is 70.8 Å². The standard InChI is InChI=1S/C12H16N4OS/c1-18-12-15-8-9(7-13)11(16-12)17-10-3-2-5-14-6-4-10/h8,10,14H,2-6H2,1H3. The predicted octanol–water partition coefficient (Wildman–Crippen LogP) is 1.59.